The first kappa shape index (κ1) is 19.5. The Bertz CT molecular complexity index is 654. The van der Waals surface area contributed by atoms with E-state index in [2.05, 4.69) is 5.32 Å². The van der Waals surface area contributed by atoms with Crippen molar-refractivity contribution in [2.75, 3.05) is 36.9 Å². The third-order valence-electron chi connectivity index (χ3n) is 3.84. The van der Waals surface area contributed by atoms with Gasteiger partial charge < -0.3 is 14.8 Å². The molecule has 1 aromatic rings. The lowest BCUT2D eigenvalue weighted by Crippen LogP contribution is -2.42. The molecule has 1 aliphatic rings. The molecule has 0 radical (unpaired) electrons. The highest BCUT2D eigenvalue weighted by Gasteiger charge is 2.22. The van der Waals surface area contributed by atoms with E-state index in [4.69, 9.17) is 9.47 Å². The van der Waals surface area contributed by atoms with E-state index in [0.29, 0.717) is 31.2 Å². The molecule has 1 aliphatic heterocycles. The lowest BCUT2D eigenvalue weighted by Gasteiger charge is -2.22. The highest BCUT2D eigenvalue weighted by molar-refractivity contribution is 7.92. The average Bonchev–Trinajstić information content (AvgIpc) is 3.09. The van der Waals surface area contributed by atoms with Gasteiger partial charge in [-0.2, -0.15) is 0 Å². The van der Waals surface area contributed by atoms with E-state index in [0.717, 1.165) is 29.8 Å². The van der Waals surface area contributed by atoms with Crippen LogP contribution in [-0.2, 0) is 19.6 Å². The molecule has 1 amide bonds. The maximum Gasteiger partial charge on any atom is 0.240 e. The van der Waals surface area contributed by atoms with E-state index in [1.807, 2.05) is 6.92 Å². The summed E-state index contributed by atoms with van der Waals surface area (Å²) < 4.78 is 36.2. The summed E-state index contributed by atoms with van der Waals surface area (Å²) in [6.07, 6.45) is 3.90. The number of anilines is 1. The van der Waals surface area contributed by atoms with Gasteiger partial charge in [0, 0.05) is 13.2 Å². The highest BCUT2D eigenvalue weighted by Crippen LogP contribution is 2.21. The second-order valence-electron chi connectivity index (χ2n) is 6.05. The number of carbonyl (C=O) groups is 1. The van der Waals surface area contributed by atoms with Gasteiger partial charge in [0.25, 0.3) is 0 Å². The Hall–Kier alpha value is -1.80. The van der Waals surface area contributed by atoms with E-state index < -0.39 is 10.0 Å². The van der Waals surface area contributed by atoms with Crippen LogP contribution in [0.1, 0.15) is 26.2 Å². The monoisotopic (exact) mass is 370 g/mol. The van der Waals surface area contributed by atoms with Crippen LogP contribution in [-0.4, -0.2) is 53.0 Å². The third kappa shape index (κ3) is 6.21. The smallest absolute Gasteiger partial charge is 0.240 e. The van der Waals surface area contributed by atoms with Crippen LogP contribution in [0.2, 0.25) is 0 Å². The second kappa shape index (κ2) is 9.05. The molecule has 0 bridgehead atoms. The van der Waals surface area contributed by atoms with Gasteiger partial charge in [-0.15, -0.1) is 0 Å². The number of nitrogens with one attached hydrogen (secondary N) is 1. The molecule has 8 heteroatoms. The molecular formula is C17H26N2O5S. The van der Waals surface area contributed by atoms with Crippen molar-refractivity contribution < 1.29 is 22.7 Å². The minimum atomic E-state index is -3.58. The molecule has 1 heterocycles. The Morgan fingerprint density at radius 2 is 2.08 bits per heavy atom. The van der Waals surface area contributed by atoms with Gasteiger partial charge in [0.15, 0.2) is 0 Å². The molecule has 1 unspecified atom stereocenters. The maximum atomic E-state index is 12.1. The van der Waals surface area contributed by atoms with Gasteiger partial charge in [-0.25, -0.2) is 8.42 Å². The van der Waals surface area contributed by atoms with Gasteiger partial charge in [-0.05, 0) is 43.5 Å². The Morgan fingerprint density at radius 1 is 1.36 bits per heavy atom. The lowest BCUT2D eigenvalue weighted by atomic mass is 10.2. The van der Waals surface area contributed by atoms with Gasteiger partial charge in [0.2, 0.25) is 15.9 Å². The normalized spacial score (nSPS) is 17.3. The summed E-state index contributed by atoms with van der Waals surface area (Å²) in [7, 11) is -3.58. The second-order valence-corrected chi connectivity index (χ2v) is 7.96. The molecule has 1 saturated heterocycles. The zero-order valence-electron chi connectivity index (χ0n) is 14.7. The average molecular weight is 370 g/mol. The van der Waals surface area contributed by atoms with Gasteiger partial charge in [-0.3, -0.25) is 9.10 Å². The molecule has 0 aromatic heterocycles. The van der Waals surface area contributed by atoms with Crippen LogP contribution in [0.5, 0.6) is 5.75 Å². The predicted molar refractivity (Wildman–Crippen MR) is 96.4 cm³/mol. The summed E-state index contributed by atoms with van der Waals surface area (Å²) in [5.41, 5.74) is 0.429. The third-order valence-corrected chi connectivity index (χ3v) is 4.98. The molecule has 0 spiro atoms. The first-order valence-corrected chi connectivity index (χ1v) is 10.3. The van der Waals surface area contributed by atoms with Crippen molar-refractivity contribution in [3.05, 3.63) is 24.3 Å². The Labute approximate surface area is 149 Å². The number of hydrogen-bond acceptors (Lipinski definition) is 5. The van der Waals surface area contributed by atoms with Gasteiger partial charge in [-0.1, -0.05) is 6.92 Å². The number of ether oxygens (including phenoxy) is 2. The molecule has 0 aliphatic carbocycles. The fraction of sp³-hybridized carbons (Fsp3) is 0.588. The minimum Gasteiger partial charge on any atom is -0.494 e. The quantitative estimate of drug-likeness (QED) is 0.713. The summed E-state index contributed by atoms with van der Waals surface area (Å²) in [5.74, 6) is 0.314. The summed E-state index contributed by atoms with van der Waals surface area (Å²) in [5, 5.41) is 2.74. The molecule has 140 valence electrons. The molecule has 7 nitrogen and oxygen atoms in total. The van der Waals surface area contributed by atoms with Crippen molar-refractivity contribution in [2.24, 2.45) is 0 Å². The zero-order valence-corrected chi connectivity index (χ0v) is 15.5. The van der Waals surface area contributed by atoms with Crippen molar-refractivity contribution in [1.29, 1.82) is 0 Å². The fourth-order valence-electron chi connectivity index (χ4n) is 2.55. The van der Waals surface area contributed by atoms with Crippen LogP contribution in [0, 0.1) is 0 Å². The maximum absolute atomic E-state index is 12.1. The van der Waals surface area contributed by atoms with Gasteiger partial charge in [0.1, 0.15) is 12.3 Å². The summed E-state index contributed by atoms with van der Waals surface area (Å²) in [6, 6.07) is 6.68. The molecule has 1 atom stereocenters. The largest absolute Gasteiger partial charge is 0.494 e. The highest BCUT2D eigenvalue weighted by atomic mass is 32.2. The lowest BCUT2D eigenvalue weighted by molar-refractivity contribution is -0.120. The van der Waals surface area contributed by atoms with E-state index in [9.17, 15) is 13.2 Å². The minimum absolute atomic E-state index is 0.0191. The number of rotatable bonds is 9. The molecule has 1 aromatic carbocycles. The van der Waals surface area contributed by atoms with E-state index >= 15 is 0 Å². The first-order valence-electron chi connectivity index (χ1n) is 8.49. The van der Waals surface area contributed by atoms with E-state index in [1.54, 1.807) is 24.3 Å². The Kier molecular flexibility index (Phi) is 7.07. The molecule has 25 heavy (non-hydrogen) atoms. The summed E-state index contributed by atoms with van der Waals surface area (Å²) in [6.45, 7) is 3.46. The first-order chi connectivity index (χ1) is 11.9. The van der Waals surface area contributed by atoms with E-state index in [-0.39, 0.29) is 18.6 Å². The van der Waals surface area contributed by atoms with Crippen molar-refractivity contribution in [3.8, 4) is 5.75 Å². The van der Waals surface area contributed by atoms with Gasteiger partial charge in [0.05, 0.1) is 24.7 Å². The van der Waals surface area contributed by atoms with Crippen LogP contribution in [0.3, 0.4) is 0 Å². The van der Waals surface area contributed by atoms with Crippen molar-refractivity contribution in [3.63, 3.8) is 0 Å². The number of amides is 1. The van der Waals surface area contributed by atoms with Crippen LogP contribution >= 0.6 is 0 Å². The fourth-order valence-corrected chi connectivity index (χ4v) is 3.40. The number of benzene rings is 1. The summed E-state index contributed by atoms with van der Waals surface area (Å²) >= 11 is 0. The topological polar surface area (TPSA) is 84.9 Å². The summed E-state index contributed by atoms with van der Waals surface area (Å²) in [4.78, 5) is 12.1. The molecule has 2 rings (SSSR count). The van der Waals surface area contributed by atoms with Crippen molar-refractivity contribution in [2.45, 2.75) is 32.3 Å². The predicted octanol–water partition coefficient (Wildman–Crippen LogP) is 1.54. The molecular weight excluding hydrogens is 344 g/mol. The van der Waals surface area contributed by atoms with Crippen molar-refractivity contribution in [1.82, 2.24) is 5.32 Å². The standard InChI is InChI=1S/C17H26N2O5S/c1-3-10-23-15-8-6-14(7-9-15)19(25(2,21)22)13-17(20)18-12-16-5-4-11-24-16/h6-9,16H,3-5,10-13H2,1-2H3,(H,18,20). The SMILES string of the molecule is CCCOc1ccc(N(CC(=O)NCC2CCCO2)S(C)(=O)=O)cc1. The molecule has 1 N–H and O–H groups in total. The van der Waals surface area contributed by atoms with E-state index in [1.165, 1.54) is 0 Å². The number of hydrogen-bond donors (Lipinski definition) is 1. The number of sulfonamides is 1. The van der Waals surface area contributed by atoms with Crippen LogP contribution in [0.15, 0.2) is 24.3 Å². The Balaban J connectivity index is 1.99. The van der Waals surface area contributed by atoms with Crippen LogP contribution < -0.4 is 14.4 Å². The Morgan fingerprint density at radius 3 is 2.64 bits per heavy atom. The van der Waals surface area contributed by atoms with Crippen LogP contribution in [0.25, 0.3) is 0 Å². The van der Waals surface area contributed by atoms with Crippen LogP contribution in [0.4, 0.5) is 5.69 Å². The molecule has 0 saturated carbocycles. The number of carbonyl (C=O) groups excluding carboxylic acids is 1. The number of nitrogens with zero attached hydrogens (tertiary/aromatic N) is 1. The molecule has 1 fully saturated rings. The van der Waals surface area contributed by atoms with Gasteiger partial charge >= 0.3 is 0 Å². The zero-order chi connectivity index (χ0) is 18.3. The van der Waals surface area contributed by atoms with Crippen molar-refractivity contribution >= 4 is 21.6 Å².